The summed E-state index contributed by atoms with van der Waals surface area (Å²) in [6.45, 7) is 0.503. The second kappa shape index (κ2) is 10.8. The number of para-hydroxylation sites is 1. The minimum atomic E-state index is 0.164. The highest BCUT2D eigenvalue weighted by molar-refractivity contribution is 6.31. The van der Waals surface area contributed by atoms with Crippen LogP contribution in [0.3, 0.4) is 0 Å². The first-order valence-electron chi connectivity index (χ1n) is 11.4. The van der Waals surface area contributed by atoms with Crippen molar-refractivity contribution in [2.24, 2.45) is 11.7 Å². The van der Waals surface area contributed by atoms with Gasteiger partial charge in [0, 0.05) is 35.9 Å². The first kappa shape index (κ1) is 22.6. The van der Waals surface area contributed by atoms with E-state index in [9.17, 15) is 4.79 Å². The van der Waals surface area contributed by atoms with Gasteiger partial charge in [0.25, 0.3) is 0 Å². The summed E-state index contributed by atoms with van der Waals surface area (Å²) >= 11 is 6.52. The maximum Gasteiger partial charge on any atom is 0.137 e. The fourth-order valence-electron chi connectivity index (χ4n) is 4.47. The zero-order chi connectivity index (χ0) is 22.3. The minimum Gasteiger partial charge on any atom is -0.493 e. The average Bonchev–Trinajstić information content (AvgIpc) is 3.32. The van der Waals surface area contributed by atoms with Crippen LogP contribution < -0.4 is 10.5 Å². The number of halogens is 1. The van der Waals surface area contributed by atoms with E-state index in [0.29, 0.717) is 36.8 Å². The number of aromatic amines is 1. The molecule has 1 aromatic heterocycles. The van der Waals surface area contributed by atoms with E-state index in [-0.39, 0.29) is 11.8 Å². The van der Waals surface area contributed by atoms with Crippen molar-refractivity contribution in [3.63, 3.8) is 0 Å². The van der Waals surface area contributed by atoms with Crippen LogP contribution in [0.5, 0.6) is 5.75 Å². The van der Waals surface area contributed by atoms with Crippen LogP contribution in [-0.4, -0.2) is 28.4 Å². The number of H-pyrrole nitrogens is 1. The molecule has 1 fully saturated rings. The third kappa shape index (κ3) is 5.78. The summed E-state index contributed by atoms with van der Waals surface area (Å²) in [7, 11) is 0. The number of imidazole rings is 1. The number of hydrogen-bond acceptors (Lipinski definition) is 4. The summed E-state index contributed by atoms with van der Waals surface area (Å²) in [5.41, 5.74) is 10.1. The van der Waals surface area contributed by atoms with E-state index < -0.39 is 0 Å². The molecule has 0 bridgehead atoms. The van der Waals surface area contributed by atoms with Crippen LogP contribution in [0.15, 0.2) is 55.0 Å². The van der Waals surface area contributed by atoms with Crippen LogP contribution in [0.1, 0.15) is 43.2 Å². The Bertz CT molecular complexity index is 1040. The number of nitrogens with two attached hydrogens (primary N) is 1. The number of benzene rings is 2. The SMILES string of the molecule is N[C@@H]1CCCC[C@H]1CC(=O)Cc1ccc(CCOc2ccccc2-c2cnc[nH]2)c(Cl)c1. The summed E-state index contributed by atoms with van der Waals surface area (Å²) in [5.74, 6) is 1.37. The van der Waals surface area contributed by atoms with Crippen LogP contribution in [0.25, 0.3) is 11.3 Å². The Morgan fingerprint density at radius 1 is 1.19 bits per heavy atom. The van der Waals surface area contributed by atoms with Gasteiger partial charge in [0.15, 0.2) is 0 Å². The average molecular weight is 452 g/mol. The zero-order valence-electron chi connectivity index (χ0n) is 18.2. The molecule has 1 aliphatic carbocycles. The highest BCUT2D eigenvalue weighted by Gasteiger charge is 2.24. The number of ether oxygens (including phenoxy) is 1. The van der Waals surface area contributed by atoms with E-state index in [1.165, 1.54) is 12.8 Å². The van der Waals surface area contributed by atoms with E-state index in [1.807, 2.05) is 42.5 Å². The molecule has 4 rings (SSSR count). The lowest BCUT2D eigenvalue weighted by atomic mass is 9.81. The molecule has 0 spiro atoms. The van der Waals surface area contributed by atoms with Crippen LogP contribution in [0, 0.1) is 5.92 Å². The van der Waals surface area contributed by atoms with Gasteiger partial charge in [0.1, 0.15) is 11.5 Å². The summed E-state index contributed by atoms with van der Waals surface area (Å²) in [4.78, 5) is 19.8. The Balaban J connectivity index is 1.31. The predicted octanol–water partition coefficient (Wildman–Crippen LogP) is 5.37. The number of carbonyl (C=O) groups is 1. The zero-order valence-corrected chi connectivity index (χ0v) is 19.0. The van der Waals surface area contributed by atoms with Gasteiger partial charge in [-0.2, -0.15) is 0 Å². The highest BCUT2D eigenvalue weighted by atomic mass is 35.5. The fraction of sp³-hybridized carbons (Fsp3) is 0.385. The van der Waals surface area contributed by atoms with Crippen LogP contribution in [-0.2, 0) is 17.6 Å². The molecule has 1 heterocycles. The van der Waals surface area contributed by atoms with Gasteiger partial charge in [-0.15, -0.1) is 0 Å². The minimum absolute atomic E-state index is 0.164. The lowest BCUT2D eigenvalue weighted by Crippen LogP contribution is -2.34. The van der Waals surface area contributed by atoms with Crippen LogP contribution in [0.2, 0.25) is 5.02 Å². The maximum atomic E-state index is 12.6. The third-order valence-electron chi connectivity index (χ3n) is 6.28. The number of nitrogens with one attached hydrogen (secondary N) is 1. The number of nitrogens with zero attached hydrogens (tertiary/aromatic N) is 1. The van der Waals surface area contributed by atoms with Gasteiger partial charge in [-0.25, -0.2) is 4.98 Å². The van der Waals surface area contributed by atoms with Gasteiger partial charge in [-0.3, -0.25) is 4.79 Å². The molecule has 3 N–H and O–H groups in total. The molecule has 0 aliphatic heterocycles. The van der Waals surface area contributed by atoms with E-state index in [0.717, 1.165) is 41.0 Å². The summed E-state index contributed by atoms with van der Waals surface area (Å²) in [6, 6.07) is 14.0. The second-order valence-electron chi connectivity index (χ2n) is 8.61. The first-order valence-corrected chi connectivity index (χ1v) is 11.7. The van der Waals surface area contributed by atoms with Crippen molar-refractivity contribution in [2.45, 2.75) is 51.0 Å². The van der Waals surface area contributed by atoms with E-state index in [1.54, 1.807) is 12.5 Å². The number of hydrogen-bond donors (Lipinski definition) is 2. The molecule has 0 unspecified atom stereocenters. The Morgan fingerprint density at radius 2 is 2.03 bits per heavy atom. The molecule has 6 heteroatoms. The normalized spacial score (nSPS) is 18.4. The number of Topliss-reactive ketones (excluding diaryl/α,β-unsaturated/α-hetero) is 1. The van der Waals surface area contributed by atoms with Crippen molar-refractivity contribution < 1.29 is 9.53 Å². The molecule has 2 atom stereocenters. The molecule has 1 aliphatic rings. The molecule has 1 saturated carbocycles. The Hall–Kier alpha value is -2.63. The lowest BCUT2D eigenvalue weighted by Gasteiger charge is -2.27. The molecule has 5 nitrogen and oxygen atoms in total. The fourth-order valence-corrected chi connectivity index (χ4v) is 4.77. The van der Waals surface area contributed by atoms with Crippen molar-refractivity contribution in [1.29, 1.82) is 0 Å². The van der Waals surface area contributed by atoms with E-state index in [4.69, 9.17) is 22.1 Å². The maximum absolute atomic E-state index is 12.6. The van der Waals surface area contributed by atoms with Crippen molar-refractivity contribution in [1.82, 2.24) is 9.97 Å². The molecule has 168 valence electrons. The molecule has 0 amide bonds. The van der Waals surface area contributed by atoms with Crippen molar-refractivity contribution in [2.75, 3.05) is 6.61 Å². The number of ketones is 1. The van der Waals surface area contributed by atoms with Crippen molar-refractivity contribution >= 4 is 17.4 Å². The summed E-state index contributed by atoms with van der Waals surface area (Å²) in [5, 5.41) is 0.676. The first-order chi connectivity index (χ1) is 15.6. The Kier molecular flexibility index (Phi) is 7.61. The predicted molar refractivity (Wildman–Crippen MR) is 128 cm³/mol. The van der Waals surface area contributed by atoms with Gasteiger partial charge in [0.2, 0.25) is 0 Å². The quantitative estimate of drug-likeness (QED) is 0.458. The van der Waals surface area contributed by atoms with Gasteiger partial charge >= 0.3 is 0 Å². The molecular formula is C26H30ClN3O2. The largest absolute Gasteiger partial charge is 0.493 e. The molecule has 2 aromatic carbocycles. The Morgan fingerprint density at radius 3 is 2.81 bits per heavy atom. The molecular weight excluding hydrogens is 422 g/mol. The monoisotopic (exact) mass is 451 g/mol. The summed E-state index contributed by atoms with van der Waals surface area (Å²) < 4.78 is 6.04. The van der Waals surface area contributed by atoms with Gasteiger partial charge < -0.3 is 15.5 Å². The lowest BCUT2D eigenvalue weighted by molar-refractivity contribution is -0.119. The Labute approximate surface area is 194 Å². The molecule has 0 saturated heterocycles. The highest BCUT2D eigenvalue weighted by Crippen LogP contribution is 2.29. The topological polar surface area (TPSA) is 81.0 Å². The van der Waals surface area contributed by atoms with Crippen molar-refractivity contribution in [3.8, 4) is 17.0 Å². The summed E-state index contributed by atoms with van der Waals surface area (Å²) in [6.07, 6.45) is 9.57. The second-order valence-corrected chi connectivity index (χ2v) is 9.02. The molecule has 32 heavy (non-hydrogen) atoms. The van der Waals surface area contributed by atoms with Gasteiger partial charge in [0.05, 0.1) is 24.8 Å². The standard InChI is InChI=1S/C26H30ClN3O2/c27-23-14-18(13-21(31)15-20-5-1-3-7-24(20)28)9-10-19(23)11-12-32-26-8-4-2-6-22(26)25-16-29-17-30-25/h2,4,6,8-10,14,16-17,20,24H,1,3,5,7,11-13,15,28H2,(H,29,30)/t20-,24+/m0/s1. The van der Waals surface area contributed by atoms with Crippen LogP contribution >= 0.6 is 11.6 Å². The number of rotatable bonds is 9. The van der Waals surface area contributed by atoms with E-state index in [2.05, 4.69) is 9.97 Å². The smallest absolute Gasteiger partial charge is 0.137 e. The van der Waals surface area contributed by atoms with E-state index >= 15 is 0 Å². The van der Waals surface area contributed by atoms with Crippen molar-refractivity contribution in [3.05, 3.63) is 71.1 Å². The third-order valence-corrected chi connectivity index (χ3v) is 6.63. The number of carbonyl (C=O) groups excluding carboxylic acids is 1. The number of aromatic nitrogens is 2. The molecule has 0 radical (unpaired) electrons. The van der Waals surface area contributed by atoms with Gasteiger partial charge in [-0.05, 0) is 48.1 Å². The van der Waals surface area contributed by atoms with Crippen LogP contribution in [0.4, 0.5) is 0 Å². The van der Waals surface area contributed by atoms with Gasteiger partial charge in [-0.1, -0.05) is 48.7 Å². The molecule has 3 aromatic rings.